The first kappa shape index (κ1) is 31.1. The number of hydrogen-bond donors (Lipinski definition) is 8. The standard InChI is InChI=1S/C21H41N7O6/c1-6-11(4)14(22)18(31)26-13(8-7-9-25-21(23)24)17(30)28-16(12(5)29)19(32)27-15(10(2)3)20(33)34/h10-16,29H,6-9,22H2,1-5H3,(H,26,31)(H,27,32)(H,28,30)(H,33,34)(H4,23,24,25). The normalized spacial score (nSPS) is 16.4. The Morgan fingerprint density at radius 3 is 1.91 bits per heavy atom. The molecule has 0 aromatic rings. The Hall–Kier alpha value is -2.93. The van der Waals surface area contributed by atoms with Crippen molar-refractivity contribution in [2.75, 3.05) is 6.54 Å². The molecule has 11 N–H and O–H groups in total. The Morgan fingerprint density at radius 1 is 0.912 bits per heavy atom. The van der Waals surface area contributed by atoms with E-state index in [0.29, 0.717) is 12.8 Å². The SMILES string of the molecule is CCC(C)C(N)C(=O)NC(CCCN=C(N)N)C(=O)NC(C(=O)NC(C(=O)O)C(C)C)C(C)O. The summed E-state index contributed by atoms with van der Waals surface area (Å²) in [5.41, 5.74) is 16.6. The van der Waals surface area contributed by atoms with E-state index in [0.717, 1.165) is 0 Å². The molecule has 0 spiro atoms. The maximum absolute atomic E-state index is 13.0. The predicted octanol–water partition coefficient (Wildman–Crippen LogP) is -2.01. The number of carbonyl (C=O) groups excluding carboxylic acids is 3. The molecule has 6 unspecified atom stereocenters. The van der Waals surface area contributed by atoms with Gasteiger partial charge in [0.05, 0.1) is 12.1 Å². The highest BCUT2D eigenvalue weighted by molar-refractivity contribution is 5.94. The van der Waals surface area contributed by atoms with E-state index >= 15 is 0 Å². The van der Waals surface area contributed by atoms with E-state index in [1.807, 2.05) is 6.92 Å². The predicted molar refractivity (Wildman–Crippen MR) is 127 cm³/mol. The van der Waals surface area contributed by atoms with E-state index in [9.17, 15) is 29.4 Å². The van der Waals surface area contributed by atoms with Gasteiger partial charge in [-0.05, 0) is 31.6 Å². The molecule has 0 rings (SSSR count). The van der Waals surface area contributed by atoms with Gasteiger partial charge in [0, 0.05) is 6.54 Å². The monoisotopic (exact) mass is 487 g/mol. The van der Waals surface area contributed by atoms with Crippen LogP contribution in [0.3, 0.4) is 0 Å². The van der Waals surface area contributed by atoms with Gasteiger partial charge in [-0.1, -0.05) is 34.1 Å². The molecule has 3 amide bonds. The topological polar surface area (TPSA) is 235 Å². The number of nitrogens with one attached hydrogen (secondary N) is 3. The molecule has 196 valence electrons. The molecule has 13 heteroatoms. The zero-order chi connectivity index (χ0) is 26.6. The number of hydrogen-bond acceptors (Lipinski definition) is 7. The number of aliphatic hydroxyl groups excluding tert-OH is 1. The van der Waals surface area contributed by atoms with Crippen LogP contribution in [-0.4, -0.2) is 76.7 Å². The van der Waals surface area contributed by atoms with E-state index < -0.39 is 59.9 Å². The van der Waals surface area contributed by atoms with Gasteiger partial charge in [0.1, 0.15) is 18.1 Å². The van der Waals surface area contributed by atoms with Crippen LogP contribution >= 0.6 is 0 Å². The summed E-state index contributed by atoms with van der Waals surface area (Å²) in [6, 6.07) is -4.61. The maximum atomic E-state index is 13.0. The van der Waals surface area contributed by atoms with E-state index in [4.69, 9.17) is 17.2 Å². The molecule has 0 saturated carbocycles. The van der Waals surface area contributed by atoms with Gasteiger partial charge in [-0.25, -0.2) is 4.79 Å². The van der Waals surface area contributed by atoms with Crippen molar-refractivity contribution in [3.8, 4) is 0 Å². The van der Waals surface area contributed by atoms with Gasteiger partial charge in [0.2, 0.25) is 17.7 Å². The zero-order valence-corrected chi connectivity index (χ0v) is 20.6. The minimum Gasteiger partial charge on any atom is -0.480 e. The minimum absolute atomic E-state index is 0.118. The fourth-order valence-corrected chi connectivity index (χ4v) is 2.97. The summed E-state index contributed by atoms with van der Waals surface area (Å²) in [6.07, 6.45) is -0.235. The number of aliphatic carboxylic acids is 1. The Labute approximate surface area is 200 Å². The lowest BCUT2D eigenvalue weighted by molar-refractivity contribution is -0.144. The molecular formula is C21H41N7O6. The van der Waals surface area contributed by atoms with Crippen LogP contribution in [0, 0.1) is 11.8 Å². The highest BCUT2D eigenvalue weighted by Crippen LogP contribution is 2.08. The first-order valence-electron chi connectivity index (χ1n) is 11.4. The second-order valence-corrected chi connectivity index (χ2v) is 8.72. The van der Waals surface area contributed by atoms with Crippen LogP contribution in [0.1, 0.15) is 53.9 Å². The Bertz CT molecular complexity index is 724. The van der Waals surface area contributed by atoms with Crippen molar-refractivity contribution in [2.24, 2.45) is 34.0 Å². The molecule has 0 bridgehead atoms. The molecule has 0 radical (unpaired) electrons. The van der Waals surface area contributed by atoms with Crippen LogP contribution in [0.15, 0.2) is 4.99 Å². The molecule has 13 nitrogen and oxygen atoms in total. The molecule has 0 heterocycles. The van der Waals surface area contributed by atoms with Gasteiger partial charge in [-0.15, -0.1) is 0 Å². The third-order valence-corrected chi connectivity index (χ3v) is 5.43. The van der Waals surface area contributed by atoms with Crippen LogP contribution in [-0.2, 0) is 19.2 Å². The summed E-state index contributed by atoms with van der Waals surface area (Å²) in [4.78, 5) is 53.5. The smallest absolute Gasteiger partial charge is 0.326 e. The van der Waals surface area contributed by atoms with Crippen molar-refractivity contribution in [3.05, 3.63) is 0 Å². The van der Waals surface area contributed by atoms with Crippen LogP contribution in [0.4, 0.5) is 0 Å². The number of amides is 3. The second kappa shape index (κ2) is 15.1. The van der Waals surface area contributed by atoms with Crippen LogP contribution < -0.4 is 33.2 Å². The third kappa shape index (κ3) is 10.8. The number of carboxylic acids is 1. The molecule has 6 atom stereocenters. The van der Waals surface area contributed by atoms with Crippen molar-refractivity contribution in [1.82, 2.24) is 16.0 Å². The number of guanidine groups is 1. The van der Waals surface area contributed by atoms with Crippen LogP contribution in [0.25, 0.3) is 0 Å². The number of carboxylic acid groups (broad SMARTS) is 1. The van der Waals surface area contributed by atoms with Gasteiger partial charge < -0.3 is 43.4 Å². The van der Waals surface area contributed by atoms with Crippen molar-refractivity contribution in [1.29, 1.82) is 0 Å². The van der Waals surface area contributed by atoms with E-state index in [2.05, 4.69) is 20.9 Å². The molecular weight excluding hydrogens is 446 g/mol. The summed E-state index contributed by atoms with van der Waals surface area (Å²) in [7, 11) is 0. The largest absolute Gasteiger partial charge is 0.480 e. The summed E-state index contributed by atoms with van der Waals surface area (Å²) in [5.74, 6) is -4.09. The average molecular weight is 488 g/mol. The molecule has 0 aliphatic carbocycles. The van der Waals surface area contributed by atoms with Gasteiger partial charge in [-0.3, -0.25) is 19.4 Å². The summed E-state index contributed by atoms with van der Waals surface area (Å²) in [6.45, 7) is 8.38. The molecule has 0 fully saturated rings. The average Bonchev–Trinajstić information content (AvgIpc) is 2.75. The number of nitrogens with zero attached hydrogens (tertiary/aromatic N) is 1. The van der Waals surface area contributed by atoms with Crippen LogP contribution in [0.2, 0.25) is 0 Å². The fourth-order valence-electron chi connectivity index (χ4n) is 2.97. The lowest BCUT2D eigenvalue weighted by atomic mass is 9.98. The highest BCUT2D eigenvalue weighted by atomic mass is 16.4. The van der Waals surface area contributed by atoms with Gasteiger partial charge in [0.15, 0.2) is 5.96 Å². The Morgan fingerprint density at radius 2 is 1.47 bits per heavy atom. The second-order valence-electron chi connectivity index (χ2n) is 8.72. The van der Waals surface area contributed by atoms with E-state index in [1.54, 1.807) is 20.8 Å². The molecule has 34 heavy (non-hydrogen) atoms. The number of aliphatic imine (C=N–C) groups is 1. The molecule has 0 saturated heterocycles. The summed E-state index contributed by atoms with van der Waals surface area (Å²) in [5, 5.41) is 26.7. The summed E-state index contributed by atoms with van der Waals surface area (Å²) >= 11 is 0. The van der Waals surface area contributed by atoms with Gasteiger partial charge >= 0.3 is 5.97 Å². The number of carbonyl (C=O) groups is 4. The highest BCUT2D eigenvalue weighted by Gasteiger charge is 2.33. The number of rotatable bonds is 15. The zero-order valence-electron chi connectivity index (χ0n) is 20.6. The first-order valence-corrected chi connectivity index (χ1v) is 11.4. The first-order chi connectivity index (χ1) is 15.7. The van der Waals surface area contributed by atoms with Gasteiger partial charge in [-0.2, -0.15) is 0 Å². The maximum Gasteiger partial charge on any atom is 0.326 e. The Balaban J connectivity index is 5.56. The number of aliphatic hydroxyl groups is 1. The third-order valence-electron chi connectivity index (χ3n) is 5.43. The van der Waals surface area contributed by atoms with Crippen molar-refractivity contribution in [2.45, 2.75) is 84.2 Å². The lowest BCUT2D eigenvalue weighted by Crippen LogP contribution is -2.60. The van der Waals surface area contributed by atoms with E-state index in [-0.39, 0.29) is 24.8 Å². The van der Waals surface area contributed by atoms with Crippen molar-refractivity contribution < 1.29 is 29.4 Å². The lowest BCUT2D eigenvalue weighted by Gasteiger charge is -2.27. The quantitative estimate of drug-likeness (QED) is 0.0722. The van der Waals surface area contributed by atoms with E-state index in [1.165, 1.54) is 6.92 Å². The number of nitrogens with two attached hydrogens (primary N) is 3. The van der Waals surface area contributed by atoms with Crippen molar-refractivity contribution in [3.63, 3.8) is 0 Å². The molecule has 0 aliphatic rings. The van der Waals surface area contributed by atoms with Crippen molar-refractivity contribution >= 4 is 29.7 Å². The molecule has 0 aromatic carbocycles. The fraction of sp³-hybridized carbons (Fsp3) is 0.762. The van der Waals surface area contributed by atoms with Crippen LogP contribution in [0.5, 0.6) is 0 Å². The minimum atomic E-state index is -1.45. The molecule has 0 aromatic heterocycles. The molecule has 0 aliphatic heterocycles. The van der Waals surface area contributed by atoms with Gasteiger partial charge in [0.25, 0.3) is 0 Å². The Kier molecular flexibility index (Phi) is 13.8. The summed E-state index contributed by atoms with van der Waals surface area (Å²) < 4.78 is 0.